The van der Waals surface area contributed by atoms with Gasteiger partial charge in [0, 0.05) is 43.5 Å². The van der Waals surface area contributed by atoms with E-state index in [1.807, 2.05) is 43.3 Å². The monoisotopic (exact) mass is 558 g/mol. The SMILES string of the molecule is Cc1ccc(O)cc1[C@@]1(CC2CN(C)C2)Cc2[nH]c(=O)c(C(=O)N[C@@H](Cc3ccccc3)C(N)=O)cc2C[C@]1(C)O. The fraction of sp³-hybridized carbons (Fsp3) is 0.406. The molecule has 2 aliphatic rings. The van der Waals surface area contributed by atoms with Crippen molar-refractivity contribution in [3.63, 3.8) is 0 Å². The van der Waals surface area contributed by atoms with Gasteiger partial charge < -0.3 is 31.1 Å². The number of aromatic hydroxyl groups is 1. The second-order valence-electron chi connectivity index (χ2n) is 12.1. The van der Waals surface area contributed by atoms with E-state index in [9.17, 15) is 24.6 Å². The van der Waals surface area contributed by atoms with Gasteiger partial charge in [0.1, 0.15) is 17.4 Å². The third kappa shape index (κ3) is 5.52. The first-order valence-corrected chi connectivity index (χ1v) is 14.0. The Morgan fingerprint density at radius 1 is 1.15 bits per heavy atom. The molecular weight excluding hydrogens is 520 g/mol. The molecular formula is C32H38N4O5. The number of aliphatic hydroxyl groups is 1. The Morgan fingerprint density at radius 3 is 2.51 bits per heavy atom. The van der Waals surface area contributed by atoms with E-state index in [1.165, 1.54) is 6.07 Å². The number of primary amides is 1. The lowest BCUT2D eigenvalue weighted by Gasteiger charge is -2.53. The molecule has 1 aliphatic carbocycles. The van der Waals surface area contributed by atoms with Crippen molar-refractivity contribution in [3.05, 3.63) is 98.5 Å². The van der Waals surface area contributed by atoms with Gasteiger partial charge in [-0.25, -0.2) is 0 Å². The zero-order valence-electron chi connectivity index (χ0n) is 23.7. The molecule has 9 nitrogen and oxygen atoms in total. The molecule has 0 unspecified atom stereocenters. The lowest BCUT2D eigenvalue weighted by molar-refractivity contribution is -0.119. The van der Waals surface area contributed by atoms with Crippen molar-refractivity contribution in [1.29, 1.82) is 0 Å². The van der Waals surface area contributed by atoms with E-state index in [0.717, 1.165) is 29.8 Å². The molecule has 3 atom stereocenters. The Kier molecular flexibility index (Phi) is 7.52. The smallest absolute Gasteiger partial charge is 0.261 e. The third-order valence-electron chi connectivity index (χ3n) is 8.95. The van der Waals surface area contributed by atoms with Crippen LogP contribution in [0.5, 0.6) is 5.75 Å². The number of likely N-dealkylation sites (tertiary alicyclic amines) is 1. The van der Waals surface area contributed by atoms with E-state index in [0.29, 0.717) is 30.0 Å². The second-order valence-corrected chi connectivity index (χ2v) is 12.1. The maximum Gasteiger partial charge on any atom is 0.261 e. The van der Waals surface area contributed by atoms with Crippen LogP contribution in [0.2, 0.25) is 0 Å². The summed E-state index contributed by atoms with van der Waals surface area (Å²) in [6, 6.07) is 14.9. The van der Waals surface area contributed by atoms with Crippen LogP contribution in [0.25, 0.3) is 0 Å². The van der Waals surface area contributed by atoms with Gasteiger partial charge in [-0.2, -0.15) is 0 Å². The van der Waals surface area contributed by atoms with Gasteiger partial charge in [0.15, 0.2) is 0 Å². The van der Waals surface area contributed by atoms with Crippen LogP contribution in [0.1, 0.15) is 51.7 Å². The Labute approximate surface area is 239 Å². The fourth-order valence-corrected chi connectivity index (χ4v) is 6.80. The molecule has 1 aliphatic heterocycles. The zero-order valence-corrected chi connectivity index (χ0v) is 23.7. The van der Waals surface area contributed by atoms with Crippen LogP contribution in [0, 0.1) is 12.8 Å². The number of benzene rings is 2. The Morgan fingerprint density at radius 2 is 1.85 bits per heavy atom. The Balaban J connectivity index is 1.49. The number of phenolic OH excluding ortho intramolecular Hbond substituents is 1. The minimum atomic E-state index is -1.25. The van der Waals surface area contributed by atoms with Crippen molar-refractivity contribution in [1.82, 2.24) is 15.2 Å². The number of carbonyl (C=O) groups excluding carboxylic acids is 2. The highest BCUT2D eigenvalue weighted by molar-refractivity contribution is 5.97. The molecule has 1 fully saturated rings. The first-order chi connectivity index (χ1) is 19.4. The fourth-order valence-electron chi connectivity index (χ4n) is 6.80. The molecule has 2 heterocycles. The molecule has 0 spiro atoms. The molecule has 41 heavy (non-hydrogen) atoms. The number of aromatic nitrogens is 1. The number of hydrogen-bond donors (Lipinski definition) is 5. The van der Waals surface area contributed by atoms with Crippen molar-refractivity contribution in [2.75, 3.05) is 20.1 Å². The molecule has 3 aromatic rings. The molecule has 2 amide bonds. The normalized spacial score (nSPS) is 23.3. The minimum absolute atomic E-state index is 0.123. The number of nitrogens with two attached hydrogens (primary N) is 1. The van der Waals surface area contributed by atoms with Crippen molar-refractivity contribution in [2.45, 2.75) is 56.6 Å². The van der Waals surface area contributed by atoms with Crippen LogP contribution >= 0.6 is 0 Å². The largest absolute Gasteiger partial charge is 0.508 e. The maximum absolute atomic E-state index is 13.3. The predicted octanol–water partition coefficient (Wildman–Crippen LogP) is 1.95. The van der Waals surface area contributed by atoms with Gasteiger partial charge in [-0.1, -0.05) is 36.4 Å². The number of H-pyrrole nitrogens is 1. The van der Waals surface area contributed by atoms with Crippen molar-refractivity contribution >= 4 is 11.8 Å². The third-order valence-corrected chi connectivity index (χ3v) is 8.95. The molecule has 2 aromatic carbocycles. The molecule has 216 valence electrons. The molecule has 0 radical (unpaired) electrons. The van der Waals surface area contributed by atoms with Gasteiger partial charge in [0.05, 0.1) is 5.60 Å². The standard InChI is InChI=1S/C32H38N4O5/c1-19-9-10-23(37)13-25(19)32(14-21-17-36(3)18-21)16-27-22(15-31(32,2)41)12-24(30(40)35-27)29(39)34-26(28(33)38)11-20-7-5-4-6-8-20/h4-10,12-13,21,26,37,41H,11,14-18H2,1-3H3,(H2,33,38)(H,34,39)(H,35,40)/t26-,31-,32+/m0/s1. The summed E-state index contributed by atoms with van der Waals surface area (Å²) in [7, 11) is 2.06. The number of pyridine rings is 1. The van der Waals surface area contributed by atoms with Crippen LogP contribution < -0.4 is 16.6 Å². The maximum atomic E-state index is 13.3. The second kappa shape index (κ2) is 10.8. The van der Waals surface area contributed by atoms with Crippen LogP contribution in [0.4, 0.5) is 0 Å². The number of nitrogens with one attached hydrogen (secondary N) is 2. The summed E-state index contributed by atoms with van der Waals surface area (Å²) >= 11 is 0. The number of carbonyl (C=O) groups is 2. The van der Waals surface area contributed by atoms with Gasteiger partial charge in [0.25, 0.3) is 11.5 Å². The molecule has 1 saturated heterocycles. The number of phenols is 1. The van der Waals surface area contributed by atoms with Crippen LogP contribution in [-0.2, 0) is 29.5 Å². The average Bonchev–Trinajstić information content (AvgIpc) is 2.89. The van der Waals surface area contributed by atoms with E-state index < -0.39 is 34.4 Å². The summed E-state index contributed by atoms with van der Waals surface area (Å²) in [5, 5.41) is 25.2. The lowest BCUT2D eigenvalue weighted by atomic mass is 9.55. The molecule has 1 aromatic heterocycles. The van der Waals surface area contributed by atoms with E-state index >= 15 is 0 Å². The highest BCUT2D eigenvalue weighted by atomic mass is 16.3. The number of hydrogen-bond acceptors (Lipinski definition) is 6. The van der Waals surface area contributed by atoms with E-state index in [4.69, 9.17) is 5.73 Å². The summed E-state index contributed by atoms with van der Waals surface area (Å²) in [6.07, 6.45) is 1.41. The predicted molar refractivity (Wildman–Crippen MR) is 156 cm³/mol. The molecule has 0 bridgehead atoms. The Bertz CT molecular complexity index is 1530. The number of nitrogens with zero attached hydrogens (tertiary/aromatic N) is 1. The number of aromatic amines is 1. The summed E-state index contributed by atoms with van der Waals surface area (Å²) < 4.78 is 0. The first-order valence-electron chi connectivity index (χ1n) is 14.0. The minimum Gasteiger partial charge on any atom is -0.508 e. The van der Waals surface area contributed by atoms with Gasteiger partial charge in [-0.05, 0) is 73.7 Å². The van der Waals surface area contributed by atoms with Crippen molar-refractivity contribution in [2.24, 2.45) is 11.7 Å². The topological polar surface area (TPSA) is 149 Å². The zero-order chi connectivity index (χ0) is 29.5. The highest BCUT2D eigenvalue weighted by Gasteiger charge is 2.54. The Hall–Kier alpha value is -3.95. The quantitative estimate of drug-likeness (QED) is 0.285. The number of fused-ring (bicyclic) bond motifs is 1. The van der Waals surface area contributed by atoms with Gasteiger partial charge in [0.2, 0.25) is 5.91 Å². The lowest BCUT2D eigenvalue weighted by Crippen LogP contribution is -2.59. The number of aryl methyl sites for hydroxylation is 1. The number of amides is 2. The summed E-state index contributed by atoms with van der Waals surface area (Å²) in [4.78, 5) is 43.8. The number of rotatable bonds is 8. The van der Waals surface area contributed by atoms with Gasteiger partial charge in [-0.15, -0.1) is 0 Å². The molecule has 6 N–H and O–H groups in total. The van der Waals surface area contributed by atoms with Crippen molar-refractivity contribution in [3.8, 4) is 5.75 Å². The van der Waals surface area contributed by atoms with E-state index in [-0.39, 0.29) is 24.2 Å². The van der Waals surface area contributed by atoms with Gasteiger partial charge >= 0.3 is 0 Å². The average molecular weight is 559 g/mol. The molecule has 0 saturated carbocycles. The summed E-state index contributed by atoms with van der Waals surface area (Å²) in [6.45, 7) is 5.58. The summed E-state index contributed by atoms with van der Waals surface area (Å²) in [5.74, 6) is -0.932. The van der Waals surface area contributed by atoms with E-state index in [1.54, 1.807) is 19.1 Å². The van der Waals surface area contributed by atoms with Gasteiger partial charge in [-0.3, -0.25) is 14.4 Å². The van der Waals surface area contributed by atoms with Crippen LogP contribution in [-0.4, -0.2) is 63.7 Å². The van der Waals surface area contributed by atoms with Crippen molar-refractivity contribution < 1.29 is 19.8 Å². The summed E-state index contributed by atoms with van der Waals surface area (Å²) in [5.41, 5.74) is 6.80. The molecule has 5 rings (SSSR count). The van der Waals surface area contributed by atoms with E-state index in [2.05, 4.69) is 22.2 Å². The molecule has 9 heteroatoms. The van der Waals surface area contributed by atoms with Crippen LogP contribution in [0.15, 0.2) is 59.4 Å². The highest BCUT2D eigenvalue weighted by Crippen LogP contribution is 2.51. The first kappa shape index (κ1) is 28.6. The van der Waals surface area contributed by atoms with Crippen LogP contribution in [0.3, 0.4) is 0 Å².